The van der Waals surface area contributed by atoms with Gasteiger partial charge in [-0.25, -0.2) is 0 Å². The summed E-state index contributed by atoms with van der Waals surface area (Å²) < 4.78 is 8.34. The van der Waals surface area contributed by atoms with Crippen LogP contribution in [-0.2, 0) is 24.8 Å². The Hall–Kier alpha value is 1.85. The first-order valence-electron chi connectivity index (χ1n) is 0.204. The van der Waals surface area contributed by atoms with E-state index in [0.29, 0.717) is 22.5 Å². The van der Waals surface area contributed by atoms with Crippen molar-refractivity contribution in [2.24, 2.45) is 0 Å². The third-order valence-electron chi connectivity index (χ3n) is 0. The maximum absolute atomic E-state index is 8.34. The van der Waals surface area contributed by atoms with Gasteiger partial charge in [0.2, 0.25) is 0 Å². The van der Waals surface area contributed by atoms with Gasteiger partial charge in [-0.1, -0.05) is 0 Å². The molecule has 0 aromatic heterocycles. The van der Waals surface area contributed by atoms with Crippen LogP contribution in [0.5, 0.6) is 0 Å². The van der Waals surface area contributed by atoms with E-state index in [1.54, 1.807) is 0 Å². The molecule has 4 heavy (non-hydrogen) atoms. The van der Waals surface area contributed by atoms with Crippen LogP contribution in [0.4, 0.5) is 0 Å². The summed E-state index contributed by atoms with van der Waals surface area (Å²) in [5, 5.41) is 0. The minimum Gasteiger partial charge on any atom is 0 e. The van der Waals surface area contributed by atoms with Gasteiger partial charge in [-0.15, -0.1) is 0 Å². The van der Waals surface area contributed by atoms with E-state index in [0.717, 1.165) is 0 Å². The van der Waals surface area contributed by atoms with Crippen molar-refractivity contribution in [2.45, 2.75) is 0 Å². The van der Waals surface area contributed by atoms with E-state index >= 15 is 0 Å². The molecule has 2 radical (unpaired) electrons. The van der Waals surface area contributed by atoms with Crippen LogP contribution in [0.15, 0.2) is 0 Å². The quantitative estimate of drug-likeness (QED) is 0.438. The first kappa shape index (κ1) is 17.0. The van der Waals surface area contributed by atoms with Gasteiger partial charge in [0.05, 0.1) is 0 Å². The zero-order valence-electron chi connectivity index (χ0n) is 1.41. The summed E-state index contributed by atoms with van der Waals surface area (Å²) in [5.41, 5.74) is 0. The fraction of sp³-hybridized carbons (Fsp3) is 0. The molecular weight excluding hydrogens is 210 g/mol. The minimum atomic E-state index is 0. The van der Waals surface area contributed by atoms with Gasteiger partial charge >= 0.3 is 25.6 Å². The van der Waals surface area contributed by atoms with Gasteiger partial charge in [0.25, 0.3) is 0 Å². The van der Waals surface area contributed by atoms with Crippen molar-refractivity contribution < 1.29 is 24.8 Å². The average molecular weight is 213 g/mol. The largest absolute Gasteiger partial charge is 0 e. The Morgan fingerprint density at radius 1 is 1.25 bits per heavy atom. The molecule has 0 aliphatic rings. The first-order valence-corrected chi connectivity index (χ1v) is 1.37. The topological polar surface area (TPSA) is 17.1 Å². The molecule has 1 nitrogen and oxygen atoms in total. The van der Waals surface area contributed by atoms with E-state index in [1.807, 2.05) is 0 Å². The molecule has 0 aromatic rings. The Balaban J connectivity index is -0.00000000500. The van der Waals surface area contributed by atoms with Gasteiger partial charge in [-0.2, -0.15) is 0 Å². The molecule has 0 rings (SSSR count). The summed E-state index contributed by atoms with van der Waals surface area (Å²) in [4.78, 5) is 0. The molecule has 0 unspecified atom stereocenters. The molecule has 0 aliphatic heterocycles. The second kappa shape index (κ2) is 21.0. The molecule has 0 saturated heterocycles. The van der Waals surface area contributed by atoms with Crippen LogP contribution >= 0.6 is 0 Å². The van der Waals surface area contributed by atoms with Crippen LogP contribution in [0.1, 0.15) is 0 Å². The molecule has 0 aliphatic carbocycles. The van der Waals surface area contributed by atoms with E-state index in [9.17, 15) is 0 Å². The fourth-order valence-electron chi connectivity index (χ4n) is 0. The molecule has 0 aromatic carbocycles. The molecule has 0 N–H and O–H groups in total. The molecule has 0 heterocycles. The smallest absolute Gasteiger partial charge is 0 e. The van der Waals surface area contributed by atoms with E-state index in [4.69, 9.17) is 3.08 Å². The van der Waals surface area contributed by atoms with E-state index in [1.165, 1.54) is 0 Å². The van der Waals surface area contributed by atoms with Crippen LogP contribution in [0, 0.1) is 0 Å². The Kier molecular flexibility index (Phi) is 89.2. The predicted molar refractivity (Wildman–Crippen MR) is 16.4 cm³/mol. The summed E-state index contributed by atoms with van der Waals surface area (Å²) in [6, 6.07) is 0. The van der Waals surface area contributed by atoms with Crippen molar-refractivity contribution >= 4 is 39.9 Å². The molecule has 20 valence electrons. The van der Waals surface area contributed by atoms with Crippen LogP contribution in [0.2, 0.25) is 0 Å². The predicted octanol–water partition coefficient (Wildman–Crippen LogP) is -1.69. The minimum absolute atomic E-state index is 0. The van der Waals surface area contributed by atoms with Crippen molar-refractivity contribution in [1.29, 1.82) is 0 Å². The molecular formula is H3AlOSnTi. The van der Waals surface area contributed by atoms with Gasteiger partial charge in [0.15, 0.2) is 17.4 Å². The fourth-order valence-corrected chi connectivity index (χ4v) is 0. The molecule has 0 spiro atoms. The molecule has 4 heteroatoms. The normalized spacial score (nSPS) is 1.00. The zero-order valence-corrected chi connectivity index (χ0v) is 5.82. The average Bonchev–Trinajstić information content (AvgIpc) is 1.00. The first-order chi connectivity index (χ1) is 1.00. The van der Waals surface area contributed by atoms with E-state index < -0.39 is 0 Å². The maximum Gasteiger partial charge on any atom is 0 e. The van der Waals surface area contributed by atoms with Gasteiger partial charge in [0, 0.05) is 21.7 Å². The summed E-state index contributed by atoms with van der Waals surface area (Å²) in [7, 11) is 0. The third kappa shape index (κ3) is 9.14. The number of hydrogen-bond acceptors (Lipinski definition) is 1. The molecule has 0 bridgehead atoms. The number of hydrogen-bond donors (Lipinski definition) is 0. The van der Waals surface area contributed by atoms with Crippen molar-refractivity contribution in [1.82, 2.24) is 0 Å². The van der Waals surface area contributed by atoms with Crippen LogP contribution in [-0.4, -0.2) is 39.9 Å². The van der Waals surface area contributed by atoms with Gasteiger partial charge in [-0.3, -0.25) is 0 Å². The van der Waals surface area contributed by atoms with Crippen LogP contribution in [0.3, 0.4) is 0 Å². The van der Waals surface area contributed by atoms with Crippen molar-refractivity contribution in [3.63, 3.8) is 0 Å². The standard InChI is InChI=1S/Al.O.Sn.Ti.3H. The molecule has 0 amide bonds. The van der Waals surface area contributed by atoms with Crippen molar-refractivity contribution in [2.75, 3.05) is 0 Å². The Morgan fingerprint density at radius 2 is 1.25 bits per heavy atom. The monoisotopic (exact) mass is 214 g/mol. The number of rotatable bonds is 0. The third-order valence-corrected chi connectivity index (χ3v) is 0. The maximum atomic E-state index is 8.34. The van der Waals surface area contributed by atoms with Crippen molar-refractivity contribution in [3.05, 3.63) is 0 Å². The molecule has 0 fully saturated rings. The Bertz CT molecular complexity index is 8.00. The van der Waals surface area contributed by atoms with Gasteiger partial charge in [0.1, 0.15) is 0 Å². The molecule has 0 saturated carbocycles. The van der Waals surface area contributed by atoms with Gasteiger partial charge < -0.3 is 0 Å². The second-order valence-corrected chi connectivity index (χ2v) is 0. The summed E-state index contributed by atoms with van der Waals surface area (Å²) in [6.45, 7) is 0. The van der Waals surface area contributed by atoms with Crippen molar-refractivity contribution in [3.8, 4) is 0 Å². The zero-order chi connectivity index (χ0) is 2.00. The second-order valence-electron chi connectivity index (χ2n) is 0. The Labute approximate surface area is 64.0 Å². The van der Waals surface area contributed by atoms with Gasteiger partial charge in [-0.05, 0) is 0 Å². The van der Waals surface area contributed by atoms with Crippen LogP contribution in [0.25, 0.3) is 0 Å². The van der Waals surface area contributed by atoms with Crippen LogP contribution < -0.4 is 0 Å². The Morgan fingerprint density at radius 3 is 1.25 bits per heavy atom. The summed E-state index contributed by atoms with van der Waals surface area (Å²) >= 11 is 0.300. The SMILES string of the molecule is [AlH3].[O]=[Sn].[Ti]. The van der Waals surface area contributed by atoms with E-state index in [2.05, 4.69) is 0 Å². The summed E-state index contributed by atoms with van der Waals surface area (Å²) in [5.74, 6) is 0. The molecule has 0 atom stereocenters. The summed E-state index contributed by atoms with van der Waals surface area (Å²) in [6.07, 6.45) is 0. The van der Waals surface area contributed by atoms with E-state index in [-0.39, 0.29) is 39.1 Å².